The largest absolute Gasteiger partial charge is 0.394 e. The molecule has 0 aliphatic rings. The monoisotopic (exact) mass is 275 g/mol. The first-order valence-electron chi connectivity index (χ1n) is 3.74. The fourth-order valence-electron chi connectivity index (χ4n) is 0.767. The predicted molar refractivity (Wildman–Crippen MR) is 53.0 cm³/mol. The van der Waals surface area contributed by atoms with Gasteiger partial charge in [-0.3, -0.25) is 0 Å². The van der Waals surface area contributed by atoms with Gasteiger partial charge in [-0.2, -0.15) is 0 Å². The number of aliphatic hydroxyl groups excluding tert-OH is 2. The molecule has 3 N–H and O–H groups in total. The summed E-state index contributed by atoms with van der Waals surface area (Å²) in [7, 11) is -3.47. The third-order valence-electron chi connectivity index (χ3n) is 1.80. The summed E-state index contributed by atoms with van der Waals surface area (Å²) in [6, 6.07) is 0. The van der Waals surface area contributed by atoms with E-state index in [4.69, 9.17) is 10.2 Å². The third kappa shape index (κ3) is 3.90. The van der Waals surface area contributed by atoms with Crippen molar-refractivity contribution < 1.29 is 18.6 Å². The number of halogens is 1. The summed E-state index contributed by atoms with van der Waals surface area (Å²) in [5.74, 6) is 0. The van der Waals surface area contributed by atoms with Gasteiger partial charge in [-0.1, -0.05) is 22.9 Å². The molecule has 0 aliphatic carbocycles. The van der Waals surface area contributed by atoms with Crippen LogP contribution in [-0.2, 0) is 10.0 Å². The van der Waals surface area contributed by atoms with Gasteiger partial charge in [-0.25, -0.2) is 13.1 Å². The summed E-state index contributed by atoms with van der Waals surface area (Å²) in [6.07, 6.45) is 0.326. The molecule has 13 heavy (non-hydrogen) atoms. The average molecular weight is 276 g/mol. The highest BCUT2D eigenvalue weighted by atomic mass is 79.9. The lowest BCUT2D eigenvalue weighted by molar-refractivity contribution is 0.106. The molecule has 0 bridgehead atoms. The first kappa shape index (κ1) is 13.3. The van der Waals surface area contributed by atoms with Crippen molar-refractivity contribution in [1.29, 1.82) is 0 Å². The fourth-order valence-corrected chi connectivity index (χ4v) is 2.10. The van der Waals surface area contributed by atoms with Gasteiger partial charge in [0.1, 0.15) is 4.66 Å². The van der Waals surface area contributed by atoms with Crippen molar-refractivity contribution >= 4 is 26.0 Å². The normalized spacial score (nSPS) is 13.2. The maximum Gasteiger partial charge on any atom is 0.222 e. The first-order chi connectivity index (χ1) is 5.95. The zero-order valence-electron chi connectivity index (χ0n) is 7.33. The molecule has 7 heteroatoms. The molecular formula is C6H14BrNO4S. The summed E-state index contributed by atoms with van der Waals surface area (Å²) in [6.45, 7) is 0.835. The summed E-state index contributed by atoms with van der Waals surface area (Å²) in [5.41, 5.74) is -1.15. The van der Waals surface area contributed by atoms with Gasteiger partial charge >= 0.3 is 0 Å². The van der Waals surface area contributed by atoms with Crippen LogP contribution >= 0.6 is 15.9 Å². The lowest BCUT2D eigenvalue weighted by Crippen LogP contribution is -2.53. The van der Waals surface area contributed by atoms with Crippen molar-refractivity contribution in [2.24, 2.45) is 0 Å². The Morgan fingerprint density at radius 1 is 1.38 bits per heavy atom. The van der Waals surface area contributed by atoms with Crippen LogP contribution in [0.15, 0.2) is 0 Å². The number of hydrogen-bond acceptors (Lipinski definition) is 4. The van der Waals surface area contributed by atoms with Crippen LogP contribution in [0.2, 0.25) is 0 Å². The standard InChI is InChI=1S/C6H14BrNO4S/c1-2-6(3-9,4-10)8-13(11,12)5-7/h8-10H,2-5H2,1H3. The van der Waals surface area contributed by atoms with Crippen LogP contribution in [-0.4, -0.2) is 42.0 Å². The summed E-state index contributed by atoms with van der Waals surface area (Å²) in [5, 5.41) is 17.9. The summed E-state index contributed by atoms with van der Waals surface area (Å²) in [4.78, 5) is 0. The molecule has 80 valence electrons. The molecular weight excluding hydrogens is 262 g/mol. The van der Waals surface area contributed by atoms with Crippen molar-refractivity contribution in [3.8, 4) is 0 Å². The highest BCUT2D eigenvalue weighted by molar-refractivity contribution is 9.10. The van der Waals surface area contributed by atoms with Gasteiger partial charge in [0, 0.05) is 0 Å². The van der Waals surface area contributed by atoms with Crippen molar-refractivity contribution in [1.82, 2.24) is 4.72 Å². The molecule has 0 aromatic heterocycles. The smallest absolute Gasteiger partial charge is 0.222 e. The molecule has 0 heterocycles. The molecule has 0 unspecified atom stereocenters. The Balaban J connectivity index is 4.61. The summed E-state index contributed by atoms with van der Waals surface area (Å²) >= 11 is 2.80. The van der Waals surface area contributed by atoms with E-state index in [2.05, 4.69) is 20.7 Å². The Hall–Kier alpha value is 0.310. The van der Waals surface area contributed by atoms with E-state index in [-0.39, 0.29) is 4.66 Å². The van der Waals surface area contributed by atoms with E-state index in [0.717, 1.165) is 0 Å². The van der Waals surface area contributed by atoms with E-state index in [1.165, 1.54) is 0 Å². The number of alkyl halides is 1. The summed E-state index contributed by atoms with van der Waals surface area (Å²) < 4.78 is 24.2. The second-order valence-corrected chi connectivity index (χ2v) is 5.80. The minimum atomic E-state index is -3.47. The SMILES string of the molecule is CCC(CO)(CO)NS(=O)(=O)CBr. The quantitative estimate of drug-likeness (QED) is 0.565. The van der Waals surface area contributed by atoms with Gasteiger partial charge in [0.05, 0.1) is 18.8 Å². The maximum atomic E-state index is 11.1. The van der Waals surface area contributed by atoms with Gasteiger partial charge in [0.2, 0.25) is 10.0 Å². The molecule has 0 rings (SSSR count). The van der Waals surface area contributed by atoms with Gasteiger partial charge in [0.25, 0.3) is 0 Å². The van der Waals surface area contributed by atoms with E-state index in [9.17, 15) is 8.42 Å². The first-order valence-corrected chi connectivity index (χ1v) is 6.52. The average Bonchev–Trinajstić information content (AvgIpc) is 2.14. The Bertz CT molecular complexity index is 229. The molecule has 0 saturated heterocycles. The zero-order valence-corrected chi connectivity index (χ0v) is 9.73. The van der Waals surface area contributed by atoms with Crippen LogP contribution in [0.4, 0.5) is 0 Å². The Morgan fingerprint density at radius 2 is 1.85 bits per heavy atom. The molecule has 0 aliphatic heterocycles. The van der Waals surface area contributed by atoms with E-state index in [0.29, 0.717) is 6.42 Å². The third-order valence-corrected chi connectivity index (χ3v) is 4.64. The van der Waals surface area contributed by atoms with Gasteiger partial charge < -0.3 is 10.2 Å². The van der Waals surface area contributed by atoms with Crippen molar-refractivity contribution in [3.63, 3.8) is 0 Å². The predicted octanol–water partition coefficient (Wildman–Crippen LogP) is -0.608. The number of rotatable bonds is 6. The van der Waals surface area contributed by atoms with Crippen molar-refractivity contribution in [3.05, 3.63) is 0 Å². The van der Waals surface area contributed by atoms with Crippen LogP contribution in [0.5, 0.6) is 0 Å². The molecule has 0 amide bonds. The zero-order chi connectivity index (χ0) is 10.5. The van der Waals surface area contributed by atoms with Crippen LogP contribution in [0.1, 0.15) is 13.3 Å². The molecule has 0 aromatic rings. The molecule has 5 nitrogen and oxygen atoms in total. The molecule has 0 radical (unpaired) electrons. The number of hydrogen-bond donors (Lipinski definition) is 3. The maximum absolute atomic E-state index is 11.1. The number of aliphatic hydroxyl groups is 2. The number of nitrogens with one attached hydrogen (secondary N) is 1. The van der Waals surface area contributed by atoms with Crippen LogP contribution in [0.3, 0.4) is 0 Å². The van der Waals surface area contributed by atoms with E-state index >= 15 is 0 Å². The number of sulfonamides is 1. The lowest BCUT2D eigenvalue weighted by atomic mass is 10.0. The molecule has 0 spiro atoms. The lowest BCUT2D eigenvalue weighted by Gasteiger charge is -2.28. The highest BCUT2D eigenvalue weighted by Crippen LogP contribution is 2.10. The molecule has 0 saturated carbocycles. The Labute approximate surface area is 86.3 Å². The second-order valence-electron chi connectivity index (χ2n) is 2.78. The Kier molecular flexibility index (Phi) is 5.38. The van der Waals surface area contributed by atoms with Gasteiger partial charge in [-0.05, 0) is 6.42 Å². The van der Waals surface area contributed by atoms with Crippen LogP contribution < -0.4 is 4.72 Å². The van der Waals surface area contributed by atoms with Crippen LogP contribution in [0.25, 0.3) is 0 Å². The Morgan fingerprint density at radius 3 is 2.08 bits per heavy atom. The minimum Gasteiger partial charge on any atom is -0.394 e. The second kappa shape index (κ2) is 5.26. The van der Waals surface area contributed by atoms with Gasteiger partial charge in [-0.15, -0.1) is 0 Å². The minimum absolute atomic E-state index is 0.248. The van der Waals surface area contributed by atoms with Crippen molar-refractivity contribution in [2.45, 2.75) is 18.9 Å². The molecule has 0 aromatic carbocycles. The van der Waals surface area contributed by atoms with Crippen LogP contribution in [0, 0.1) is 0 Å². The molecule has 0 fully saturated rings. The fraction of sp³-hybridized carbons (Fsp3) is 1.00. The molecule has 0 atom stereocenters. The van der Waals surface area contributed by atoms with E-state index in [1.807, 2.05) is 0 Å². The highest BCUT2D eigenvalue weighted by Gasteiger charge is 2.31. The van der Waals surface area contributed by atoms with E-state index < -0.39 is 28.8 Å². The van der Waals surface area contributed by atoms with Crippen molar-refractivity contribution in [2.75, 3.05) is 17.9 Å². The van der Waals surface area contributed by atoms with Gasteiger partial charge in [0.15, 0.2) is 0 Å². The topological polar surface area (TPSA) is 86.6 Å². The van der Waals surface area contributed by atoms with E-state index in [1.54, 1.807) is 6.92 Å².